The Balaban J connectivity index is 2.10. The largest absolute Gasteiger partial charge is 0.352 e. The Morgan fingerprint density at radius 3 is 2.15 bits per heavy atom. The van der Waals surface area contributed by atoms with Crippen molar-refractivity contribution in [2.24, 2.45) is 0 Å². The zero-order chi connectivity index (χ0) is 29.6. The van der Waals surface area contributed by atoms with E-state index in [1.165, 1.54) is 23.1 Å². The first-order chi connectivity index (χ1) is 18.9. The van der Waals surface area contributed by atoms with E-state index in [4.69, 9.17) is 34.8 Å². The van der Waals surface area contributed by atoms with Crippen LogP contribution in [0, 0.1) is 6.92 Å². The number of aryl methyl sites for hydroxylation is 1. The summed E-state index contributed by atoms with van der Waals surface area (Å²) in [7, 11) is -4.21. The van der Waals surface area contributed by atoms with E-state index in [0.717, 1.165) is 4.31 Å². The van der Waals surface area contributed by atoms with Crippen molar-refractivity contribution in [1.82, 2.24) is 10.2 Å². The molecule has 0 aliphatic rings. The number of sulfonamides is 1. The van der Waals surface area contributed by atoms with Crippen molar-refractivity contribution in [2.75, 3.05) is 10.8 Å². The lowest BCUT2D eigenvalue weighted by Gasteiger charge is -2.33. The molecule has 0 saturated carbocycles. The predicted octanol–water partition coefficient (Wildman–Crippen LogP) is 6.48. The minimum absolute atomic E-state index is 0.00503. The molecular formula is C29H32Cl3N3O4S. The highest BCUT2D eigenvalue weighted by atomic mass is 35.5. The van der Waals surface area contributed by atoms with Crippen LogP contribution in [-0.4, -0.2) is 43.8 Å². The summed E-state index contributed by atoms with van der Waals surface area (Å²) < 4.78 is 28.8. The Kier molecular flexibility index (Phi) is 10.9. The van der Waals surface area contributed by atoms with Crippen LogP contribution in [-0.2, 0) is 26.2 Å². The first-order valence-corrected chi connectivity index (χ1v) is 15.3. The average Bonchev–Trinajstić information content (AvgIpc) is 2.92. The SMILES string of the molecule is CC[C@@H](C)NC(=O)[C@@H](C)N(Cc1c(Cl)cccc1Cl)C(=O)CN(c1cc(Cl)ccc1C)S(=O)(=O)c1ccccc1. The lowest BCUT2D eigenvalue weighted by atomic mass is 10.1. The van der Waals surface area contributed by atoms with E-state index in [9.17, 15) is 18.0 Å². The number of hydrogen-bond donors (Lipinski definition) is 1. The van der Waals surface area contributed by atoms with Crippen LogP contribution in [0.5, 0.6) is 0 Å². The molecule has 3 rings (SSSR count). The molecule has 0 aliphatic carbocycles. The van der Waals surface area contributed by atoms with Gasteiger partial charge in [0, 0.05) is 33.2 Å². The lowest BCUT2D eigenvalue weighted by molar-refractivity contribution is -0.139. The molecule has 0 aromatic heterocycles. The summed E-state index contributed by atoms with van der Waals surface area (Å²) in [5, 5.41) is 3.83. The van der Waals surface area contributed by atoms with Gasteiger partial charge in [-0.05, 0) is 69.2 Å². The molecule has 0 unspecified atom stereocenters. The van der Waals surface area contributed by atoms with Crippen LogP contribution in [0.15, 0.2) is 71.6 Å². The van der Waals surface area contributed by atoms with Crippen molar-refractivity contribution in [3.63, 3.8) is 0 Å². The van der Waals surface area contributed by atoms with E-state index in [0.29, 0.717) is 32.6 Å². The fourth-order valence-electron chi connectivity index (χ4n) is 3.99. The second-order valence-corrected chi connectivity index (χ2v) is 12.6. The van der Waals surface area contributed by atoms with Gasteiger partial charge in [-0.1, -0.05) is 72.1 Å². The Morgan fingerprint density at radius 1 is 0.925 bits per heavy atom. The van der Waals surface area contributed by atoms with Gasteiger partial charge in [-0.25, -0.2) is 8.42 Å². The van der Waals surface area contributed by atoms with Crippen molar-refractivity contribution in [3.05, 3.63) is 92.9 Å². The number of nitrogens with one attached hydrogen (secondary N) is 1. The van der Waals surface area contributed by atoms with Crippen molar-refractivity contribution >= 4 is 62.3 Å². The summed E-state index contributed by atoms with van der Waals surface area (Å²) in [6.45, 7) is 6.40. The van der Waals surface area contributed by atoms with Crippen LogP contribution in [0.2, 0.25) is 15.1 Å². The molecule has 0 fully saturated rings. The van der Waals surface area contributed by atoms with Crippen LogP contribution in [0.3, 0.4) is 0 Å². The third-order valence-electron chi connectivity index (χ3n) is 6.61. The van der Waals surface area contributed by atoms with Crippen LogP contribution < -0.4 is 9.62 Å². The maximum Gasteiger partial charge on any atom is 0.264 e. The third-order valence-corrected chi connectivity index (χ3v) is 9.33. The summed E-state index contributed by atoms with van der Waals surface area (Å²) in [5.74, 6) is -1.01. The van der Waals surface area contributed by atoms with Gasteiger partial charge in [0.05, 0.1) is 10.6 Å². The third kappa shape index (κ3) is 7.49. The molecule has 11 heteroatoms. The summed E-state index contributed by atoms with van der Waals surface area (Å²) in [6.07, 6.45) is 0.694. The van der Waals surface area contributed by atoms with Crippen LogP contribution in [0.1, 0.15) is 38.3 Å². The van der Waals surface area contributed by atoms with E-state index >= 15 is 0 Å². The zero-order valence-electron chi connectivity index (χ0n) is 22.7. The van der Waals surface area contributed by atoms with Gasteiger partial charge in [-0.3, -0.25) is 13.9 Å². The molecule has 7 nitrogen and oxygen atoms in total. The number of anilines is 1. The molecule has 2 atom stereocenters. The molecule has 214 valence electrons. The van der Waals surface area contributed by atoms with Crippen molar-refractivity contribution in [1.29, 1.82) is 0 Å². The first-order valence-electron chi connectivity index (χ1n) is 12.7. The minimum atomic E-state index is -4.21. The van der Waals surface area contributed by atoms with Crippen LogP contribution in [0.25, 0.3) is 0 Å². The molecule has 0 bridgehead atoms. The molecule has 2 amide bonds. The molecule has 0 heterocycles. The average molecular weight is 625 g/mol. The summed E-state index contributed by atoms with van der Waals surface area (Å²) in [6, 6.07) is 16.5. The quantitative estimate of drug-likeness (QED) is 0.265. The minimum Gasteiger partial charge on any atom is -0.352 e. The summed E-state index contributed by atoms with van der Waals surface area (Å²) in [5.41, 5.74) is 1.29. The van der Waals surface area contributed by atoms with Crippen LogP contribution in [0.4, 0.5) is 5.69 Å². The summed E-state index contributed by atoms with van der Waals surface area (Å²) in [4.78, 5) is 28.5. The lowest BCUT2D eigenvalue weighted by Crippen LogP contribution is -2.52. The highest BCUT2D eigenvalue weighted by Crippen LogP contribution is 2.31. The second-order valence-electron chi connectivity index (χ2n) is 9.47. The van der Waals surface area contributed by atoms with Crippen molar-refractivity contribution < 1.29 is 18.0 Å². The number of carbonyl (C=O) groups is 2. The normalized spacial score (nSPS) is 12.9. The number of carbonyl (C=O) groups excluding carboxylic acids is 2. The number of nitrogens with zero attached hydrogens (tertiary/aromatic N) is 2. The number of amides is 2. The molecule has 1 N–H and O–H groups in total. The van der Waals surface area contributed by atoms with Crippen molar-refractivity contribution in [3.8, 4) is 0 Å². The van der Waals surface area contributed by atoms with Gasteiger partial charge >= 0.3 is 0 Å². The molecule has 0 radical (unpaired) electrons. The molecule has 40 heavy (non-hydrogen) atoms. The van der Waals surface area contributed by atoms with E-state index in [1.807, 2.05) is 13.8 Å². The Bertz CT molecular complexity index is 1450. The standard InChI is InChI=1S/C29H32Cl3N3O4S/c1-5-20(3)33-29(37)21(4)34(17-24-25(31)12-9-13-26(24)32)28(36)18-35(27-16-22(30)15-14-19(27)2)40(38,39)23-10-7-6-8-11-23/h6-16,20-21H,5,17-18H2,1-4H3,(H,33,37)/t20-,21-/m1/s1. The summed E-state index contributed by atoms with van der Waals surface area (Å²) >= 11 is 19.1. The molecule has 0 spiro atoms. The van der Waals surface area contributed by atoms with Gasteiger partial charge in [-0.2, -0.15) is 0 Å². The zero-order valence-corrected chi connectivity index (χ0v) is 25.8. The van der Waals surface area contributed by atoms with E-state index < -0.39 is 28.5 Å². The van der Waals surface area contributed by atoms with Gasteiger partial charge in [0.2, 0.25) is 11.8 Å². The van der Waals surface area contributed by atoms with Gasteiger partial charge < -0.3 is 10.2 Å². The number of rotatable bonds is 11. The van der Waals surface area contributed by atoms with E-state index in [2.05, 4.69) is 5.32 Å². The molecule has 0 saturated heterocycles. The maximum atomic E-state index is 14.1. The molecular weight excluding hydrogens is 593 g/mol. The second kappa shape index (κ2) is 13.7. The monoisotopic (exact) mass is 623 g/mol. The van der Waals surface area contributed by atoms with E-state index in [-0.39, 0.29) is 29.1 Å². The van der Waals surface area contributed by atoms with Gasteiger partial charge in [0.15, 0.2) is 0 Å². The highest BCUT2D eigenvalue weighted by molar-refractivity contribution is 7.92. The van der Waals surface area contributed by atoms with E-state index in [1.54, 1.807) is 62.4 Å². The molecule has 3 aromatic carbocycles. The fraction of sp³-hybridized carbons (Fsp3) is 0.310. The molecule has 3 aromatic rings. The first kappa shape index (κ1) is 31.7. The Hall–Kier alpha value is -2.78. The number of halogens is 3. The molecule has 0 aliphatic heterocycles. The number of benzene rings is 3. The maximum absolute atomic E-state index is 14.1. The van der Waals surface area contributed by atoms with Crippen molar-refractivity contribution in [2.45, 2.75) is 57.6 Å². The van der Waals surface area contributed by atoms with Gasteiger partial charge in [0.25, 0.3) is 10.0 Å². The predicted molar refractivity (Wildman–Crippen MR) is 162 cm³/mol. The van der Waals surface area contributed by atoms with Crippen LogP contribution >= 0.6 is 34.8 Å². The topological polar surface area (TPSA) is 86.8 Å². The highest BCUT2D eigenvalue weighted by Gasteiger charge is 2.34. The smallest absolute Gasteiger partial charge is 0.264 e. The Labute approximate surface area is 251 Å². The number of hydrogen-bond acceptors (Lipinski definition) is 4. The Morgan fingerprint density at radius 2 is 1.55 bits per heavy atom. The fourth-order valence-corrected chi connectivity index (χ4v) is 6.16. The van der Waals surface area contributed by atoms with Gasteiger partial charge in [0.1, 0.15) is 12.6 Å². The van der Waals surface area contributed by atoms with Gasteiger partial charge in [-0.15, -0.1) is 0 Å².